The number of anilines is 1. The Kier molecular flexibility index (Phi) is 3.75. The van der Waals surface area contributed by atoms with Crippen LogP contribution in [0.5, 0.6) is 5.75 Å². The van der Waals surface area contributed by atoms with Crippen molar-refractivity contribution < 1.29 is 4.74 Å². The van der Waals surface area contributed by atoms with Gasteiger partial charge >= 0.3 is 0 Å². The number of nitrogens with zero attached hydrogens (tertiary/aromatic N) is 2. The number of hydrazine groups is 1. The molecule has 0 radical (unpaired) electrons. The first-order valence-corrected chi connectivity index (χ1v) is 4.28. The highest BCUT2D eigenvalue weighted by Gasteiger charge is 1.99. The number of hydrogen-bond donors (Lipinski definition) is 2. The van der Waals surface area contributed by atoms with Crippen LogP contribution in [-0.2, 0) is 0 Å². The molecule has 0 saturated carbocycles. The van der Waals surface area contributed by atoms with Gasteiger partial charge in [0.05, 0.1) is 12.3 Å². The van der Waals surface area contributed by atoms with Crippen molar-refractivity contribution in [3.8, 4) is 5.75 Å². The predicted molar refractivity (Wildman–Crippen MR) is 57.0 cm³/mol. The third-order valence-corrected chi connectivity index (χ3v) is 1.62. The van der Waals surface area contributed by atoms with Crippen molar-refractivity contribution in [2.45, 2.75) is 6.92 Å². The highest BCUT2D eigenvalue weighted by molar-refractivity contribution is 5.77. The quantitative estimate of drug-likeness (QED) is 0.319. The van der Waals surface area contributed by atoms with Crippen molar-refractivity contribution in [2.75, 3.05) is 11.6 Å². The van der Waals surface area contributed by atoms with E-state index in [-0.39, 0.29) is 0 Å². The average molecular weight is 194 g/mol. The molecule has 4 N–H and O–H groups in total. The van der Waals surface area contributed by atoms with E-state index in [2.05, 4.69) is 5.10 Å². The third kappa shape index (κ3) is 2.63. The van der Waals surface area contributed by atoms with E-state index in [0.29, 0.717) is 6.61 Å². The van der Waals surface area contributed by atoms with Crippen LogP contribution in [-0.4, -0.2) is 12.9 Å². The van der Waals surface area contributed by atoms with Crippen LogP contribution in [0.2, 0.25) is 0 Å². The van der Waals surface area contributed by atoms with Gasteiger partial charge in [0.15, 0.2) is 0 Å². The minimum atomic E-state index is 0.624. The Hall–Kier alpha value is -1.75. The van der Waals surface area contributed by atoms with Crippen LogP contribution in [0.3, 0.4) is 0 Å². The van der Waals surface area contributed by atoms with Crippen LogP contribution in [0.25, 0.3) is 0 Å². The monoisotopic (exact) mass is 194 g/mol. The molecule has 76 valence electrons. The summed E-state index contributed by atoms with van der Waals surface area (Å²) in [5.74, 6) is 11.4. The molecule has 0 bridgehead atoms. The molecule has 0 saturated heterocycles. The Bertz CT molecular complexity index is 313. The largest absolute Gasteiger partial charge is 0.494 e. The van der Waals surface area contributed by atoms with Crippen molar-refractivity contribution >= 4 is 12.0 Å². The molecule has 1 aromatic carbocycles. The maximum atomic E-state index is 5.62. The number of rotatable bonds is 4. The fraction of sp³-hybridized carbons (Fsp3) is 0.222. The van der Waals surface area contributed by atoms with Crippen molar-refractivity contribution in [2.24, 2.45) is 16.8 Å². The molecule has 0 spiro atoms. The maximum absolute atomic E-state index is 5.62. The third-order valence-electron chi connectivity index (χ3n) is 1.62. The molecule has 0 aliphatic carbocycles. The molecule has 5 nitrogen and oxygen atoms in total. The van der Waals surface area contributed by atoms with E-state index in [0.717, 1.165) is 11.4 Å². The summed E-state index contributed by atoms with van der Waals surface area (Å²) < 4.78 is 5.32. The van der Waals surface area contributed by atoms with Gasteiger partial charge in [-0.25, -0.2) is 5.84 Å². The Balaban J connectivity index is 2.82. The highest BCUT2D eigenvalue weighted by atomic mass is 16.5. The van der Waals surface area contributed by atoms with E-state index >= 15 is 0 Å². The molecule has 1 rings (SSSR count). The molecule has 0 unspecified atom stereocenters. The molecule has 0 heterocycles. The van der Waals surface area contributed by atoms with Gasteiger partial charge in [0.1, 0.15) is 12.1 Å². The van der Waals surface area contributed by atoms with Crippen LogP contribution in [0.15, 0.2) is 29.4 Å². The number of ether oxygens (including phenoxy) is 1. The molecule has 0 amide bonds. The van der Waals surface area contributed by atoms with Crippen LogP contribution < -0.4 is 21.4 Å². The van der Waals surface area contributed by atoms with Crippen molar-refractivity contribution in [3.63, 3.8) is 0 Å². The molecular formula is C9H14N4O. The fourth-order valence-corrected chi connectivity index (χ4v) is 1.04. The van der Waals surface area contributed by atoms with Gasteiger partial charge in [-0.2, -0.15) is 5.10 Å². The molecule has 0 atom stereocenters. The number of benzene rings is 1. The summed E-state index contributed by atoms with van der Waals surface area (Å²) in [5.41, 5.74) is 0.769. The minimum absolute atomic E-state index is 0.624. The second-order valence-corrected chi connectivity index (χ2v) is 2.60. The Morgan fingerprint density at radius 3 is 3.00 bits per heavy atom. The molecule has 0 fully saturated rings. The normalized spacial score (nSPS) is 10.4. The second kappa shape index (κ2) is 5.08. The summed E-state index contributed by atoms with van der Waals surface area (Å²) in [6, 6.07) is 7.36. The van der Waals surface area contributed by atoms with Gasteiger partial charge in [0, 0.05) is 6.07 Å². The van der Waals surface area contributed by atoms with E-state index in [4.69, 9.17) is 16.4 Å². The van der Waals surface area contributed by atoms with Gasteiger partial charge < -0.3 is 10.6 Å². The van der Waals surface area contributed by atoms with Crippen molar-refractivity contribution in [3.05, 3.63) is 24.3 Å². The van der Waals surface area contributed by atoms with Gasteiger partial charge in [-0.1, -0.05) is 6.07 Å². The lowest BCUT2D eigenvalue weighted by Crippen LogP contribution is -2.29. The smallest absolute Gasteiger partial charge is 0.129 e. The Morgan fingerprint density at radius 2 is 2.36 bits per heavy atom. The fourth-order valence-electron chi connectivity index (χ4n) is 1.04. The van der Waals surface area contributed by atoms with Crippen LogP contribution >= 0.6 is 0 Å². The molecule has 0 aromatic heterocycles. The predicted octanol–water partition coefficient (Wildman–Crippen LogP) is 0.667. The van der Waals surface area contributed by atoms with Crippen LogP contribution in [0.4, 0.5) is 5.69 Å². The Labute approximate surface area is 82.9 Å². The van der Waals surface area contributed by atoms with Gasteiger partial charge in [0.25, 0.3) is 0 Å². The minimum Gasteiger partial charge on any atom is -0.494 e. The lowest BCUT2D eigenvalue weighted by molar-refractivity contribution is 0.340. The zero-order valence-electron chi connectivity index (χ0n) is 8.05. The summed E-state index contributed by atoms with van der Waals surface area (Å²) >= 11 is 0. The van der Waals surface area contributed by atoms with Crippen LogP contribution in [0.1, 0.15) is 6.92 Å². The lowest BCUT2D eigenvalue weighted by Gasteiger charge is -2.13. The average Bonchev–Trinajstić information content (AvgIpc) is 2.19. The van der Waals surface area contributed by atoms with Gasteiger partial charge in [-0.15, -0.1) is 0 Å². The van der Waals surface area contributed by atoms with E-state index in [9.17, 15) is 0 Å². The molecule has 14 heavy (non-hydrogen) atoms. The Morgan fingerprint density at radius 1 is 1.57 bits per heavy atom. The summed E-state index contributed by atoms with van der Waals surface area (Å²) in [6.45, 7) is 2.55. The SMILES string of the molecule is CCOc1cccc(N(N)/C=N\N)c1. The standard InChI is InChI=1S/C9H14N4O/c1-2-14-9-5-3-4-8(6-9)13(11)7-12-10/h3-7H,2,10-11H2,1H3/b12-7-. The number of hydrazone groups is 1. The van der Waals surface area contributed by atoms with Crippen molar-refractivity contribution in [1.82, 2.24) is 0 Å². The van der Waals surface area contributed by atoms with Gasteiger partial charge in [-0.05, 0) is 19.1 Å². The van der Waals surface area contributed by atoms with Crippen molar-refractivity contribution in [1.29, 1.82) is 0 Å². The van der Waals surface area contributed by atoms with Gasteiger partial charge in [-0.3, -0.25) is 5.01 Å². The van der Waals surface area contributed by atoms with E-state index in [1.165, 1.54) is 11.3 Å². The summed E-state index contributed by atoms with van der Waals surface area (Å²) in [7, 11) is 0. The maximum Gasteiger partial charge on any atom is 0.129 e. The zero-order chi connectivity index (χ0) is 10.4. The molecule has 5 heteroatoms. The zero-order valence-corrected chi connectivity index (χ0v) is 8.05. The first kappa shape index (κ1) is 10.3. The molecular weight excluding hydrogens is 180 g/mol. The van der Waals surface area contributed by atoms with E-state index in [1.807, 2.05) is 31.2 Å². The first-order valence-electron chi connectivity index (χ1n) is 4.28. The second-order valence-electron chi connectivity index (χ2n) is 2.60. The summed E-state index contributed by atoms with van der Waals surface area (Å²) in [4.78, 5) is 0. The number of hydrogen-bond acceptors (Lipinski definition) is 4. The van der Waals surface area contributed by atoms with Gasteiger partial charge in [0.2, 0.25) is 0 Å². The summed E-state index contributed by atoms with van der Waals surface area (Å²) in [6.07, 6.45) is 1.32. The lowest BCUT2D eigenvalue weighted by atomic mass is 10.3. The highest BCUT2D eigenvalue weighted by Crippen LogP contribution is 2.18. The van der Waals surface area contributed by atoms with E-state index in [1.54, 1.807) is 0 Å². The first-order chi connectivity index (χ1) is 6.77. The molecule has 0 aliphatic heterocycles. The van der Waals surface area contributed by atoms with E-state index < -0.39 is 0 Å². The summed E-state index contributed by atoms with van der Waals surface area (Å²) in [5, 5.41) is 4.64. The molecule has 1 aromatic rings. The number of nitrogens with two attached hydrogens (primary N) is 2. The molecule has 0 aliphatic rings. The van der Waals surface area contributed by atoms with Crippen LogP contribution in [0, 0.1) is 0 Å². The topological polar surface area (TPSA) is 76.9 Å².